The van der Waals surface area contributed by atoms with Gasteiger partial charge < -0.3 is 4.74 Å². The summed E-state index contributed by atoms with van der Waals surface area (Å²) in [5.41, 5.74) is 2.61. The zero-order valence-corrected chi connectivity index (χ0v) is 20.5. The number of nitrogens with zero attached hydrogens (tertiary/aromatic N) is 2. The highest BCUT2D eigenvalue weighted by Crippen LogP contribution is 2.30. The molecule has 5 rings (SSSR count). The Kier molecular flexibility index (Phi) is 6.93. The van der Waals surface area contributed by atoms with E-state index < -0.39 is 22.8 Å². The van der Waals surface area contributed by atoms with Crippen LogP contribution in [0.1, 0.15) is 32.4 Å². The molecule has 186 valence electrons. The molecule has 1 aromatic heterocycles. The minimum atomic E-state index is -1.32. The molecule has 0 aliphatic rings. The van der Waals surface area contributed by atoms with Gasteiger partial charge in [-0.1, -0.05) is 72.3 Å². The number of hydrogen-bond donors (Lipinski definition) is 0. The van der Waals surface area contributed by atoms with Crippen LogP contribution in [0.2, 0.25) is 5.02 Å². The predicted octanol–water partition coefficient (Wildman–Crippen LogP) is 7.24. The van der Waals surface area contributed by atoms with Crippen molar-refractivity contribution in [1.29, 1.82) is 0 Å². The van der Waals surface area contributed by atoms with Crippen molar-refractivity contribution in [2.75, 3.05) is 0 Å². The number of ketones is 1. The van der Waals surface area contributed by atoms with Crippen LogP contribution in [0.5, 0.6) is 0 Å². The average Bonchev–Trinajstić information content (AvgIpc) is 2.95. The van der Waals surface area contributed by atoms with E-state index in [2.05, 4.69) is 4.98 Å². The molecule has 8 heteroatoms. The van der Waals surface area contributed by atoms with Gasteiger partial charge in [-0.15, -0.1) is 0 Å². The molecule has 5 aromatic rings. The summed E-state index contributed by atoms with van der Waals surface area (Å²) in [6, 6.07) is 29.6. The number of esters is 1. The first-order valence-electron chi connectivity index (χ1n) is 11.6. The third-order valence-electron chi connectivity index (χ3n) is 6.00. The Morgan fingerprint density at radius 3 is 2.18 bits per heavy atom. The minimum absolute atomic E-state index is 0.140. The maximum Gasteiger partial charge on any atom is 0.339 e. The number of halogens is 1. The zero-order valence-electron chi connectivity index (χ0n) is 19.8. The smallest absolute Gasteiger partial charge is 0.339 e. The van der Waals surface area contributed by atoms with Gasteiger partial charge in [0, 0.05) is 39.2 Å². The number of ether oxygens (including phenoxy) is 1. The van der Waals surface area contributed by atoms with E-state index in [0.29, 0.717) is 32.7 Å². The molecule has 0 spiro atoms. The highest BCUT2D eigenvalue weighted by atomic mass is 35.5. The number of para-hydroxylation sites is 1. The summed E-state index contributed by atoms with van der Waals surface area (Å²) in [5.74, 6) is -1.18. The van der Waals surface area contributed by atoms with Gasteiger partial charge in [-0.05, 0) is 36.4 Å². The van der Waals surface area contributed by atoms with Gasteiger partial charge in [0.2, 0.25) is 5.78 Å². The number of Topliss-reactive ketones (excluding diaryl/α,β-unsaturated/α-hetero) is 1. The lowest BCUT2D eigenvalue weighted by molar-refractivity contribution is -0.384. The first kappa shape index (κ1) is 24.8. The monoisotopic (exact) mass is 522 g/mol. The van der Waals surface area contributed by atoms with E-state index in [1.807, 2.05) is 6.07 Å². The van der Waals surface area contributed by atoms with Gasteiger partial charge >= 0.3 is 5.97 Å². The van der Waals surface area contributed by atoms with Crippen LogP contribution in [0.3, 0.4) is 0 Å². The van der Waals surface area contributed by atoms with Crippen molar-refractivity contribution in [3.05, 3.63) is 141 Å². The highest BCUT2D eigenvalue weighted by molar-refractivity contribution is 6.30. The van der Waals surface area contributed by atoms with Gasteiger partial charge in [0.15, 0.2) is 6.10 Å². The number of carbonyl (C=O) groups excluding carboxylic acids is 2. The molecule has 0 saturated heterocycles. The van der Waals surface area contributed by atoms with Crippen molar-refractivity contribution < 1.29 is 19.2 Å². The lowest BCUT2D eigenvalue weighted by Crippen LogP contribution is -2.20. The second kappa shape index (κ2) is 10.6. The molecule has 0 saturated carbocycles. The highest BCUT2D eigenvalue weighted by Gasteiger charge is 2.28. The van der Waals surface area contributed by atoms with E-state index in [0.717, 1.165) is 5.56 Å². The Hall–Kier alpha value is -4.88. The normalized spacial score (nSPS) is 11.6. The number of fused-ring (bicyclic) bond motifs is 1. The van der Waals surface area contributed by atoms with Gasteiger partial charge in [0.1, 0.15) is 0 Å². The zero-order chi connectivity index (χ0) is 26.6. The van der Waals surface area contributed by atoms with Crippen LogP contribution in [0.15, 0.2) is 109 Å². The van der Waals surface area contributed by atoms with E-state index in [9.17, 15) is 19.7 Å². The van der Waals surface area contributed by atoms with E-state index in [1.165, 1.54) is 24.3 Å². The Labute approximate surface area is 222 Å². The molecule has 4 aromatic carbocycles. The van der Waals surface area contributed by atoms with Gasteiger partial charge in [0.25, 0.3) is 5.69 Å². The summed E-state index contributed by atoms with van der Waals surface area (Å²) in [7, 11) is 0. The van der Waals surface area contributed by atoms with Gasteiger partial charge in [-0.2, -0.15) is 0 Å². The summed E-state index contributed by atoms with van der Waals surface area (Å²) < 4.78 is 5.85. The summed E-state index contributed by atoms with van der Waals surface area (Å²) in [6.07, 6.45) is -1.32. The van der Waals surface area contributed by atoms with Crippen LogP contribution in [-0.4, -0.2) is 21.7 Å². The number of nitro groups is 1. The number of benzene rings is 4. The fraction of sp³-hybridized carbons (Fsp3) is 0.0333. The molecule has 0 amide bonds. The molecule has 0 fully saturated rings. The maximum absolute atomic E-state index is 13.7. The molecule has 38 heavy (non-hydrogen) atoms. The van der Waals surface area contributed by atoms with Crippen molar-refractivity contribution in [2.24, 2.45) is 0 Å². The molecule has 7 nitrogen and oxygen atoms in total. The van der Waals surface area contributed by atoms with Crippen LogP contribution < -0.4 is 0 Å². The minimum Gasteiger partial charge on any atom is -0.445 e. The van der Waals surface area contributed by atoms with Crippen molar-refractivity contribution in [3.8, 4) is 11.3 Å². The third kappa shape index (κ3) is 5.14. The third-order valence-corrected chi connectivity index (χ3v) is 6.26. The molecule has 0 aliphatic heterocycles. The molecule has 0 N–H and O–H groups in total. The summed E-state index contributed by atoms with van der Waals surface area (Å²) in [5, 5.41) is 12.3. The number of aromatic nitrogens is 1. The van der Waals surface area contributed by atoms with Crippen molar-refractivity contribution in [2.45, 2.75) is 6.10 Å². The van der Waals surface area contributed by atoms with E-state index in [4.69, 9.17) is 16.3 Å². The molecule has 0 aliphatic carbocycles. The van der Waals surface area contributed by atoms with Gasteiger partial charge in [-0.25, -0.2) is 9.78 Å². The first-order valence-corrected chi connectivity index (χ1v) is 12.0. The Morgan fingerprint density at radius 2 is 1.50 bits per heavy atom. The number of nitro benzene ring substituents is 1. The van der Waals surface area contributed by atoms with E-state index in [-0.39, 0.29) is 11.3 Å². The number of pyridine rings is 1. The van der Waals surface area contributed by atoms with Crippen molar-refractivity contribution in [3.63, 3.8) is 0 Å². The summed E-state index contributed by atoms with van der Waals surface area (Å²) in [6.45, 7) is 0. The molecule has 0 bridgehead atoms. The summed E-state index contributed by atoms with van der Waals surface area (Å²) in [4.78, 5) is 42.4. The standard InChI is InChI=1S/C30H19ClN2O5/c31-22-14-10-19(11-15-22)27-18-25(24-8-4-5-9-26(24)32-27)30(35)38-29(28(34)20-6-2-1-3-7-20)21-12-16-23(17-13-21)33(36)37/h1-18,29H/t29-/m0/s1. The predicted molar refractivity (Wildman–Crippen MR) is 144 cm³/mol. The SMILES string of the molecule is O=C(O[C@H](C(=O)c1ccccc1)c1ccc([N+](=O)[O-])cc1)c1cc(-c2ccc(Cl)cc2)nc2ccccc12. The number of rotatable bonds is 7. The molecule has 0 unspecified atom stereocenters. The van der Waals surface area contributed by atoms with Crippen LogP contribution in [0, 0.1) is 10.1 Å². The second-order valence-corrected chi connectivity index (χ2v) is 8.88. The maximum atomic E-state index is 13.7. The first-order chi connectivity index (χ1) is 18.4. The van der Waals surface area contributed by atoms with E-state index in [1.54, 1.807) is 78.9 Å². The largest absolute Gasteiger partial charge is 0.445 e. The lowest BCUT2D eigenvalue weighted by atomic mass is 9.99. The Bertz CT molecular complexity index is 1650. The number of carbonyl (C=O) groups is 2. The number of non-ortho nitro benzene ring substituents is 1. The fourth-order valence-corrected chi connectivity index (χ4v) is 4.21. The molecular weight excluding hydrogens is 504 g/mol. The molecule has 1 atom stereocenters. The molecular formula is C30H19ClN2O5. The average molecular weight is 523 g/mol. The number of hydrogen-bond acceptors (Lipinski definition) is 6. The second-order valence-electron chi connectivity index (χ2n) is 8.44. The Balaban J connectivity index is 1.57. The van der Waals surface area contributed by atoms with Gasteiger partial charge in [0.05, 0.1) is 21.7 Å². The topological polar surface area (TPSA) is 99.4 Å². The van der Waals surface area contributed by atoms with Crippen LogP contribution >= 0.6 is 11.6 Å². The van der Waals surface area contributed by atoms with Gasteiger partial charge in [-0.3, -0.25) is 14.9 Å². The van der Waals surface area contributed by atoms with Crippen LogP contribution in [0.25, 0.3) is 22.2 Å². The molecule has 1 heterocycles. The van der Waals surface area contributed by atoms with Crippen molar-refractivity contribution in [1.82, 2.24) is 4.98 Å². The quantitative estimate of drug-likeness (QED) is 0.0966. The summed E-state index contributed by atoms with van der Waals surface area (Å²) >= 11 is 6.03. The lowest BCUT2D eigenvalue weighted by Gasteiger charge is -2.18. The van der Waals surface area contributed by atoms with E-state index >= 15 is 0 Å². The fourth-order valence-electron chi connectivity index (χ4n) is 4.08. The van der Waals surface area contributed by atoms with Crippen molar-refractivity contribution >= 4 is 39.9 Å². The molecule has 0 radical (unpaired) electrons. The van der Waals surface area contributed by atoms with Crippen LogP contribution in [-0.2, 0) is 4.74 Å². The van der Waals surface area contributed by atoms with Crippen LogP contribution in [0.4, 0.5) is 5.69 Å². The Morgan fingerprint density at radius 1 is 0.842 bits per heavy atom.